The zero-order valence-corrected chi connectivity index (χ0v) is 17.3. The van der Waals surface area contributed by atoms with Gasteiger partial charge in [0.1, 0.15) is 5.69 Å². The standard InChI is InChI=1S/C25H23N5O/c1-18-17-29(14-15-30(18)25(31)20-10-7-13-26-16-20)24-22-12-6-5-11-21(22)23(27-28-24)19-8-3-2-4-9-19/h2-13,16,18H,14-15,17H2,1H3. The average Bonchev–Trinajstić information content (AvgIpc) is 2.84. The summed E-state index contributed by atoms with van der Waals surface area (Å²) in [5.74, 6) is 0.895. The monoisotopic (exact) mass is 409 g/mol. The first kappa shape index (κ1) is 19.2. The molecule has 0 N–H and O–H groups in total. The van der Waals surface area contributed by atoms with Gasteiger partial charge in [-0.3, -0.25) is 9.78 Å². The Morgan fingerprint density at radius 3 is 2.42 bits per heavy atom. The van der Waals surface area contributed by atoms with Crippen molar-refractivity contribution in [1.29, 1.82) is 0 Å². The van der Waals surface area contributed by atoms with Crippen LogP contribution in [0.15, 0.2) is 79.1 Å². The van der Waals surface area contributed by atoms with E-state index in [0.717, 1.165) is 27.8 Å². The van der Waals surface area contributed by atoms with Crippen LogP contribution in [0.25, 0.3) is 22.0 Å². The van der Waals surface area contributed by atoms with E-state index in [4.69, 9.17) is 0 Å². The molecule has 0 spiro atoms. The maximum atomic E-state index is 12.9. The van der Waals surface area contributed by atoms with Gasteiger partial charge in [0.25, 0.3) is 5.91 Å². The van der Waals surface area contributed by atoms with E-state index in [2.05, 4.69) is 51.3 Å². The van der Waals surface area contributed by atoms with E-state index in [1.54, 1.807) is 18.5 Å². The molecule has 1 amide bonds. The SMILES string of the molecule is CC1CN(c2nnc(-c3ccccc3)c3ccccc23)CCN1C(=O)c1cccnc1. The van der Waals surface area contributed by atoms with Crippen molar-refractivity contribution in [2.24, 2.45) is 0 Å². The van der Waals surface area contributed by atoms with Gasteiger partial charge in [-0.05, 0) is 19.1 Å². The number of rotatable bonds is 3. The van der Waals surface area contributed by atoms with Crippen molar-refractivity contribution < 1.29 is 4.79 Å². The molecule has 1 atom stereocenters. The van der Waals surface area contributed by atoms with Crippen molar-refractivity contribution >= 4 is 22.5 Å². The van der Waals surface area contributed by atoms with Crippen LogP contribution < -0.4 is 4.90 Å². The second-order valence-electron chi connectivity index (χ2n) is 7.82. The molecule has 3 heterocycles. The van der Waals surface area contributed by atoms with Crippen LogP contribution in [0.1, 0.15) is 17.3 Å². The van der Waals surface area contributed by atoms with Crippen molar-refractivity contribution in [1.82, 2.24) is 20.1 Å². The number of pyridine rings is 1. The zero-order chi connectivity index (χ0) is 21.2. The van der Waals surface area contributed by atoms with Crippen molar-refractivity contribution in [3.8, 4) is 11.3 Å². The van der Waals surface area contributed by atoms with Crippen LogP contribution in [-0.2, 0) is 0 Å². The van der Waals surface area contributed by atoms with E-state index in [1.807, 2.05) is 41.3 Å². The molecule has 2 aromatic heterocycles. The summed E-state index contributed by atoms with van der Waals surface area (Å²) in [7, 11) is 0. The molecule has 6 heteroatoms. The Balaban J connectivity index is 1.44. The molecule has 2 aromatic carbocycles. The van der Waals surface area contributed by atoms with Crippen LogP contribution in [0.4, 0.5) is 5.82 Å². The number of benzene rings is 2. The van der Waals surface area contributed by atoms with Gasteiger partial charge < -0.3 is 9.80 Å². The van der Waals surface area contributed by atoms with Gasteiger partial charge in [0.05, 0.1) is 5.56 Å². The van der Waals surface area contributed by atoms with Crippen LogP contribution in [0.3, 0.4) is 0 Å². The molecule has 0 saturated carbocycles. The largest absolute Gasteiger partial charge is 0.351 e. The quantitative estimate of drug-likeness (QED) is 0.511. The molecule has 0 bridgehead atoms. The Labute approximate surface area is 181 Å². The topological polar surface area (TPSA) is 62.2 Å². The lowest BCUT2D eigenvalue weighted by atomic mass is 10.0. The first-order chi connectivity index (χ1) is 15.2. The Hall–Kier alpha value is -3.80. The molecule has 1 aliphatic rings. The summed E-state index contributed by atoms with van der Waals surface area (Å²) in [6, 6.07) is 22.1. The van der Waals surface area contributed by atoms with Gasteiger partial charge in [-0.1, -0.05) is 54.6 Å². The van der Waals surface area contributed by atoms with E-state index in [1.165, 1.54) is 0 Å². The van der Waals surface area contributed by atoms with Crippen LogP contribution in [0.5, 0.6) is 0 Å². The van der Waals surface area contributed by atoms with E-state index in [-0.39, 0.29) is 11.9 Å². The maximum absolute atomic E-state index is 12.9. The molecule has 4 aromatic rings. The van der Waals surface area contributed by atoms with Crippen molar-refractivity contribution in [3.05, 3.63) is 84.7 Å². The van der Waals surface area contributed by atoms with Gasteiger partial charge in [-0.25, -0.2) is 0 Å². The highest BCUT2D eigenvalue weighted by Crippen LogP contribution is 2.32. The van der Waals surface area contributed by atoms with Gasteiger partial charge in [-0.2, -0.15) is 0 Å². The first-order valence-corrected chi connectivity index (χ1v) is 10.5. The van der Waals surface area contributed by atoms with Gasteiger partial charge >= 0.3 is 0 Å². The second kappa shape index (κ2) is 8.14. The summed E-state index contributed by atoms with van der Waals surface area (Å²) in [5, 5.41) is 11.4. The van der Waals surface area contributed by atoms with Gasteiger partial charge in [0, 0.05) is 54.4 Å². The number of hydrogen-bond acceptors (Lipinski definition) is 5. The molecule has 1 saturated heterocycles. The molecule has 1 aliphatic heterocycles. The summed E-state index contributed by atoms with van der Waals surface area (Å²) in [6.45, 7) is 4.12. The lowest BCUT2D eigenvalue weighted by Gasteiger charge is -2.40. The number of hydrogen-bond donors (Lipinski definition) is 0. The third-order valence-electron chi connectivity index (χ3n) is 5.81. The fourth-order valence-corrected chi connectivity index (χ4v) is 4.24. The second-order valence-corrected chi connectivity index (χ2v) is 7.82. The number of carbonyl (C=O) groups excluding carboxylic acids is 1. The maximum Gasteiger partial charge on any atom is 0.255 e. The predicted molar refractivity (Wildman–Crippen MR) is 122 cm³/mol. The lowest BCUT2D eigenvalue weighted by molar-refractivity contribution is 0.0673. The summed E-state index contributed by atoms with van der Waals surface area (Å²) in [6.07, 6.45) is 3.31. The van der Waals surface area contributed by atoms with E-state index >= 15 is 0 Å². The van der Waals surface area contributed by atoms with Crippen molar-refractivity contribution in [2.75, 3.05) is 24.5 Å². The highest BCUT2D eigenvalue weighted by molar-refractivity contribution is 6.00. The number of amides is 1. The summed E-state index contributed by atoms with van der Waals surface area (Å²) in [5.41, 5.74) is 2.57. The van der Waals surface area contributed by atoms with Crippen LogP contribution in [0.2, 0.25) is 0 Å². The molecule has 154 valence electrons. The summed E-state index contributed by atoms with van der Waals surface area (Å²) in [4.78, 5) is 21.1. The molecule has 0 aliphatic carbocycles. The summed E-state index contributed by atoms with van der Waals surface area (Å²) >= 11 is 0. The van der Waals surface area contributed by atoms with Gasteiger partial charge in [0.15, 0.2) is 5.82 Å². The smallest absolute Gasteiger partial charge is 0.255 e. The van der Waals surface area contributed by atoms with E-state index in [0.29, 0.717) is 25.2 Å². The van der Waals surface area contributed by atoms with Crippen LogP contribution >= 0.6 is 0 Å². The number of piperazine rings is 1. The first-order valence-electron chi connectivity index (χ1n) is 10.5. The predicted octanol–water partition coefficient (Wildman–Crippen LogP) is 4.04. The van der Waals surface area contributed by atoms with E-state index in [9.17, 15) is 4.79 Å². The number of anilines is 1. The third-order valence-corrected chi connectivity index (χ3v) is 5.81. The molecule has 5 rings (SSSR count). The van der Waals surface area contributed by atoms with Crippen molar-refractivity contribution in [3.63, 3.8) is 0 Å². The van der Waals surface area contributed by atoms with Gasteiger partial charge in [-0.15, -0.1) is 10.2 Å². The van der Waals surface area contributed by atoms with Crippen LogP contribution in [-0.4, -0.2) is 51.7 Å². The molecule has 0 radical (unpaired) electrons. The molecule has 31 heavy (non-hydrogen) atoms. The minimum absolute atomic E-state index is 0.0237. The number of nitrogens with zero attached hydrogens (tertiary/aromatic N) is 5. The lowest BCUT2D eigenvalue weighted by Crippen LogP contribution is -2.54. The van der Waals surface area contributed by atoms with Crippen molar-refractivity contribution in [2.45, 2.75) is 13.0 Å². The third kappa shape index (κ3) is 3.61. The number of aromatic nitrogens is 3. The number of carbonyl (C=O) groups is 1. The fraction of sp³-hybridized carbons (Fsp3) is 0.200. The Morgan fingerprint density at radius 1 is 0.903 bits per heavy atom. The summed E-state index contributed by atoms with van der Waals surface area (Å²) < 4.78 is 0. The molecule has 1 unspecified atom stereocenters. The molecular weight excluding hydrogens is 386 g/mol. The molecule has 6 nitrogen and oxygen atoms in total. The molecular formula is C25H23N5O. The minimum Gasteiger partial charge on any atom is -0.351 e. The molecule has 1 fully saturated rings. The average molecular weight is 409 g/mol. The Bertz CT molecular complexity index is 1210. The highest BCUT2D eigenvalue weighted by atomic mass is 16.2. The minimum atomic E-state index is 0.0237. The normalized spacial score (nSPS) is 16.5. The Kier molecular flexibility index (Phi) is 5.04. The number of fused-ring (bicyclic) bond motifs is 1. The Morgan fingerprint density at radius 2 is 1.68 bits per heavy atom. The van der Waals surface area contributed by atoms with Gasteiger partial charge in [0.2, 0.25) is 0 Å². The fourth-order valence-electron chi connectivity index (χ4n) is 4.24. The zero-order valence-electron chi connectivity index (χ0n) is 17.3. The highest BCUT2D eigenvalue weighted by Gasteiger charge is 2.30. The van der Waals surface area contributed by atoms with E-state index < -0.39 is 0 Å². The van der Waals surface area contributed by atoms with Crippen LogP contribution in [0, 0.1) is 0 Å².